The molecule has 1 aromatic heterocycles. The van der Waals surface area contributed by atoms with Gasteiger partial charge in [0.2, 0.25) is 0 Å². The van der Waals surface area contributed by atoms with E-state index in [1.165, 1.54) is 0 Å². The van der Waals surface area contributed by atoms with E-state index in [0.29, 0.717) is 17.3 Å². The molecule has 2 aromatic rings. The van der Waals surface area contributed by atoms with Crippen molar-refractivity contribution in [2.24, 2.45) is 0 Å². The minimum absolute atomic E-state index is 0.100. The van der Waals surface area contributed by atoms with Crippen LogP contribution in [0.2, 0.25) is 5.02 Å². The first kappa shape index (κ1) is 12.4. The number of hydrogen-bond donors (Lipinski definition) is 0. The van der Waals surface area contributed by atoms with Crippen LogP contribution in [0.3, 0.4) is 0 Å². The second-order valence-electron chi connectivity index (χ2n) is 4.93. The summed E-state index contributed by atoms with van der Waals surface area (Å²) in [5.41, 5.74) is 1.25. The van der Waals surface area contributed by atoms with Gasteiger partial charge < -0.3 is 0 Å². The number of halogens is 1. The highest BCUT2D eigenvalue weighted by Crippen LogP contribution is 2.51. The number of rotatable bonds is 4. The molecular formula is C15H15ClN2O. The fourth-order valence-corrected chi connectivity index (χ4v) is 2.81. The molecule has 0 aliphatic heterocycles. The van der Waals surface area contributed by atoms with E-state index in [1.807, 2.05) is 37.3 Å². The van der Waals surface area contributed by atoms with Gasteiger partial charge in [-0.25, -0.2) is 0 Å². The summed E-state index contributed by atoms with van der Waals surface area (Å²) in [4.78, 5) is 12.8. The molecule has 0 bridgehead atoms. The maximum absolute atomic E-state index is 12.8. The summed E-state index contributed by atoms with van der Waals surface area (Å²) in [7, 11) is 0. The van der Waals surface area contributed by atoms with E-state index in [0.717, 1.165) is 18.4 Å². The van der Waals surface area contributed by atoms with Crippen molar-refractivity contribution in [3.63, 3.8) is 0 Å². The second-order valence-corrected chi connectivity index (χ2v) is 5.34. The lowest BCUT2D eigenvalue weighted by atomic mass is 9.89. The molecule has 1 aliphatic rings. The molecule has 19 heavy (non-hydrogen) atoms. The highest BCUT2D eigenvalue weighted by Gasteiger charge is 2.52. The summed E-state index contributed by atoms with van der Waals surface area (Å²) in [5.74, 6) is 0.100. The van der Waals surface area contributed by atoms with Crippen LogP contribution in [0.5, 0.6) is 0 Å². The normalized spacial score (nSPS) is 16.3. The van der Waals surface area contributed by atoms with E-state index < -0.39 is 0 Å². The lowest BCUT2D eigenvalue weighted by molar-refractivity contribution is 0.0935. The van der Waals surface area contributed by atoms with Crippen LogP contribution in [0.15, 0.2) is 36.5 Å². The summed E-state index contributed by atoms with van der Waals surface area (Å²) in [6, 6.07) is 9.95. The number of ketones is 1. The van der Waals surface area contributed by atoms with Crippen LogP contribution in [0.4, 0.5) is 0 Å². The van der Waals surface area contributed by atoms with E-state index in [4.69, 9.17) is 11.6 Å². The summed E-state index contributed by atoms with van der Waals surface area (Å²) >= 11 is 6.14. The van der Waals surface area contributed by atoms with Crippen molar-refractivity contribution in [1.29, 1.82) is 0 Å². The van der Waals surface area contributed by atoms with Crippen molar-refractivity contribution >= 4 is 17.4 Å². The number of hydrogen-bond acceptors (Lipinski definition) is 2. The van der Waals surface area contributed by atoms with Crippen LogP contribution in [0.25, 0.3) is 0 Å². The Hall–Kier alpha value is -1.61. The molecule has 0 radical (unpaired) electrons. The summed E-state index contributed by atoms with van der Waals surface area (Å²) < 4.78 is 1.69. The van der Waals surface area contributed by atoms with Crippen LogP contribution in [-0.4, -0.2) is 15.6 Å². The van der Waals surface area contributed by atoms with Gasteiger partial charge in [-0.2, -0.15) is 5.10 Å². The first-order valence-electron chi connectivity index (χ1n) is 6.50. The van der Waals surface area contributed by atoms with Gasteiger partial charge in [-0.15, -0.1) is 0 Å². The molecule has 0 spiro atoms. The minimum atomic E-state index is -0.377. The van der Waals surface area contributed by atoms with Crippen molar-refractivity contribution < 1.29 is 4.79 Å². The Balaban J connectivity index is 2.03. The molecule has 1 fully saturated rings. The minimum Gasteiger partial charge on any atom is -0.291 e. The van der Waals surface area contributed by atoms with Crippen molar-refractivity contribution in [3.05, 3.63) is 52.8 Å². The lowest BCUT2D eigenvalue weighted by Gasteiger charge is -2.15. The van der Waals surface area contributed by atoms with Gasteiger partial charge in [-0.3, -0.25) is 9.48 Å². The van der Waals surface area contributed by atoms with Crippen LogP contribution >= 0.6 is 11.6 Å². The molecule has 98 valence electrons. The van der Waals surface area contributed by atoms with Gasteiger partial charge in [0.05, 0.1) is 16.6 Å². The summed E-state index contributed by atoms with van der Waals surface area (Å²) in [6.07, 6.45) is 3.33. The van der Waals surface area contributed by atoms with E-state index in [9.17, 15) is 4.79 Å². The topological polar surface area (TPSA) is 34.9 Å². The van der Waals surface area contributed by atoms with Crippen molar-refractivity contribution in [2.45, 2.75) is 31.7 Å². The van der Waals surface area contributed by atoms with Crippen LogP contribution in [0.1, 0.15) is 35.8 Å². The first-order valence-corrected chi connectivity index (χ1v) is 6.88. The molecule has 0 amide bonds. The fourth-order valence-electron chi connectivity index (χ4n) is 2.58. The maximum Gasteiger partial charge on any atom is 0.192 e. The maximum atomic E-state index is 12.8. The highest BCUT2D eigenvalue weighted by atomic mass is 35.5. The Morgan fingerprint density at radius 1 is 1.37 bits per heavy atom. The zero-order valence-corrected chi connectivity index (χ0v) is 11.5. The average Bonchev–Trinajstić information content (AvgIpc) is 3.18. The molecule has 1 aliphatic carbocycles. The van der Waals surface area contributed by atoms with E-state index in [2.05, 4.69) is 5.10 Å². The molecule has 3 nitrogen and oxygen atoms in total. The third-order valence-electron chi connectivity index (χ3n) is 3.82. The van der Waals surface area contributed by atoms with E-state index >= 15 is 0 Å². The van der Waals surface area contributed by atoms with Gasteiger partial charge in [0.1, 0.15) is 5.69 Å². The average molecular weight is 275 g/mol. The largest absolute Gasteiger partial charge is 0.291 e. The number of aryl methyl sites for hydroxylation is 1. The SMILES string of the molecule is CCn1ncc(Cl)c1C(=O)C1(c2ccccc2)CC1. The number of benzene rings is 1. The quantitative estimate of drug-likeness (QED) is 0.800. The number of aromatic nitrogens is 2. The third kappa shape index (κ3) is 1.89. The van der Waals surface area contributed by atoms with Gasteiger partial charge in [0.15, 0.2) is 5.78 Å². The van der Waals surface area contributed by atoms with Crippen LogP contribution in [0, 0.1) is 0 Å². The van der Waals surface area contributed by atoms with Crippen molar-refractivity contribution in [1.82, 2.24) is 9.78 Å². The number of carbonyl (C=O) groups is 1. The number of Topliss-reactive ketones (excluding diaryl/α,β-unsaturated/α-hetero) is 1. The molecule has 0 saturated heterocycles. The Bertz CT molecular complexity index is 614. The number of nitrogens with zero attached hydrogens (tertiary/aromatic N) is 2. The standard InChI is InChI=1S/C15H15ClN2O/c1-2-18-13(12(16)10-17-18)14(19)15(8-9-15)11-6-4-3-5-7-11/h3-7,10H,2,8-9H2,1H3. The summed E-state index contributed by atoms with van der Waals surface area (Å²) in [6.45, 7) is 2.61. The first-order chi connectivity index (χ1) is 9.19. The van der Waals surface area contributed by atoms with Crippen molar-refractivity contribution in [3.8, 4) is 0 Å². The van der Waals surface area contributed by atoms with E-state index in [1.54, 1.807) is 10.9 Å². The Morgan fingerprint density at radius 3 is 2.63 bits per heavy atom. The Labute approximate surface area is 117 Å². The smallest absolute Gasteiger partial charge is 0.192 e. The summed E-state index contributed by atoms with van der Waals surface area (Å²) in [5, 5.41) is 4.61. The second kappa shape index (κ2) is 4.49. The fraction of sp³-hybridized carbons (Fsp3) is 0.333. The monoisotopic (exact) mass is 274 g/mol. The predicted molar refractivity (Wildman–Crippen MR) is 74.6 cm³/mol. The van der Waals surface area contributed by atoms with Crippen molar-refractivity contribution in [2.75, 3.05) is 0 Å². The van der Waals surface area contributed by atoms with Crippen LogP contribution < -0.4 is 0 Å². The van der Waals surface area contributed by atoms with Gasteiger partial charge in [0, 0.05) is 6.54 Å². The van der Waals surface area contributed by atoms with E-state index in [-0.39, 0.29) is 11.2 Å². The number of carbonyl (C=O) groups excluding carboxylic acids is 1. The molecular weight excluding hydrogens is 260 g/mol. The Morgan fingerprint density at radius 2 is 2.05 bits per heavy atom. The zero-order chi connectivity index (χ0) is 13.5. The Kier molecular flexibility index (Phi) is 2.94. The van der Waals surface area contributed by atoms with Gasteiger partial charge in [0.25, 0.3) is 0 Å². The predicted octanol–water partition coefficient (Wildman–Crippen LogP) is 3.47. The zero-order valence-electron chi connectivity index (χ0n) is 10.8. The van der Waals surface area contributed by atoms with Gasteiger partial charge in [-0.1, -0.05) is 41.9 Å². The molecule has 4 heteroatoms. The molecule has 0 unspecified atom stereocenters. The van der Waals surface area contributed by atoms with Crippen LogP contribution in [-0.2, 0) is 12.0 Å². The molecule has 1 aromatic carbocycles. The molecule has 1 saturated carbocycles. The molecule has 0 atom stereocenters. The van der Waals surface area contributed by atoms with Gasteiger partial charge in [-0.05, 0) is 25.3 Å². The highest BCUT2D eigenvalue weighted by molar-refractivity contribution is 6.34. The van der Waals surface area contributed by atoms with Gasteiger partial charge >= 0.3 is 0 Å². The molecule has 0 N–H and O–H groups in total. The lowest BCUT2D eigenvalue weighted by Crippen LogP contribution is -2.24. The molecule has 3 rings (SSSR count). The third-order valence-corrected chi connectivity index (χ3v) is 4.10. The molecule has 1 heterocycles.